The fraction of sp³-hybridized carbons (Fsp3) is 0.316. The van der Waals surface area contributed by atoms with Crippen LogP contribution in [-0.4, -0.2) is 50.3 Å². The normalized spacial score (nSPS) is 11.8. The van der Waals surface area contributed by atoms with Crippen LogP contribution in [0.4, 0.5) is 0 Å². The first kappa shape index (κ1) is 35.5. The lowest BCUT2D eigenvalue weighted by molar-refractivity contribution is -0.138. The van der Waals surface area contributed by atoms with Crippen molar-refractivity contribution in [1.82, 2.24) is 0 Å². The fourth-order valence-electron chi connectivity index (χ4n) is 4.43. The predicted octanol–water partition coefficient (Wildman–Crippen LogP) is 7.13. The molecular weight excluding hydrogens is 616 g/mol. The Morgan fingerprint density at radius 2 is 1.15 bits per heavy atom. The van der Waals surface area contributed by atoms with Crippen molar-refractivity contribution in [3.8, 4) is 23.0 Å². The maximum absolute atomic E-state index is 12.8. The van der Waals surface area contributed by atoms with Gasteiger partial charge in [-0.05, 0) is 124 Å². The molecule has 0 unspecified atom stereocenters. The minimum absolute atomic E-state index is 0.274. The van der Waals surface area contributed by atoms with Gasteiger partial charge in [-0.1, -0.05) is 12.2 Å². The van der Waals surface area contributed by atoms with Gasteiger partial charge in [0, 0.05) is 12.2 Å². The molecule has 0 bridgehead atoms. The summed E-state index contributed by atoms with van der Waals surface area (Å²) < 4.78 is 32.6. The topological polar surface area (TPSA) is 124 Å². The van der Waals surface area contributed by atoms with Crippen LogP contribution in [0.5, 0.6) is 23.0 Å². The average Bonchev–Trinajstić information content (AvgIpc) is 3.07. The number of rotatable bonds is 18. The lowest BCUT2D eigenvalue weighted by atomic mass is 9.92. The Balaban J connectivity index is 1.15. The third kappa shape index (κ3) is 11.8. The summed E-state index contributed by atoms with van der Waals surface area (Å²) in [6.07, 6.45) is 8.62. The number of hydrogen-bond acceptors (Lipinski definition) is 10. The van der Waals surface area contributed by atoms with E-state index in [9.17, 15) is 19.2 Å². The second kappa shape index (κ2) is 18.7. The molecule has 252 valence electrons. The van der Waals surface area contributed by atoms with Crippen molar-refractivity contribution >= 4 is 23.9 Å². The van der Waals surface area contributed by atoms with Crippen molar-refractivity contribution in [2.24, 2.45) is 0 Å². The van der Waals surface area contributed by atoms with Crippen molar-refractivity contribution in [1.29, 1.82) is 0 Å². The SMILES string of the molecule is C=CC(=O)OCCCCOc1ccc(C(=O)Oc2ccc(OC(=O)c3ccc(OCCCCOC(=O)C=C4CCC4)cc3)c(C)c2)cc1. The van der Waals surface area contributed by atoms with E-state index in [1.165, 1.54) is 0 Å². The van der Waals surface area contributed by atoms with Gasteiger partial charge < -0.3 is 28.4 Å². The third-order valence-corrected chi connectivity index (χ3v) is 7.33. The molecule has 0 saturated heterocycles. The Hall–Kier alpha value is -5.38. The molecule has 1 saturated carbocycles. The minimum atomic E-state index is -0.544. The molecule has 3 aromatic rings. The zero-order valence-corrected chi connectivity index (χ0v) is 27.1. The minimum Gasteiger partial charge on any atom is -0.494 e. The molecule has 0 aromatic heterocycles. The quantitative estimate of drug-likeness (QED) is 0.0604. The van der Waals surface area contributed by atoms with Crippen LogP contribution in [0.15, 0.2) is 91.0 Å². The Morgan fingerprint density at radius 1 is 0.646 bits per heavy atom. The summed E-state index contributed by atoms with van der Waals surface area (Å²) in [6, 6.07) is 18.0. The molecule has 4 rings (SSSR count). The first-order valence-corrected chi connectivity index (χ1v) is 16.0. The van der Waals surface area contributed by atoms with Crippen LogP contribution >= 0.6 is 0 Å². The van der Waals surface area contributed by atoms with Crippen LogP contribution in [0.3, 0.4) is 0 Å². The molecule has 10 heteroatoms. The van der Waals surface area contributed by atoms with E-state index < -0.39 is 17.9 Å². The van der Waals surface area contributed by atoms with Gasteiger partial charge in [-0.3, -0.25) is 0 Å². The Bertz CT molecular complexity index is 1580. The predicted molar refractivity (Wildman–Crippen MR) is 177 cm³/mol. The van der Waals surface area contributed by atoms with Gasteiger partial charge in [-0.15, -0.1) is 0 Å². The van der Waals surface area contributed by atoms with Crippen molar-refractivity contribution in [2.45, 2.75) is 51.9 Å². The molecule has 0 radical (unpaired) electrons. The molecule has 0 N–H and O–H groups in total. The van der Waals surface area contributed by atoms with E-state index in [1.54, 1.807) is 79.7 Å². The molecule has 1 aliphatic rings. The van der Waals surface area contributed by atoms with Crippen molar-refractivity contribution < 1.29 is 47.6 Å². The number of aryl methyl sites for hydroxylation is 1. The van der Waals surface area contributed by atoms with Gasteiger partial charge in [0.1, 0.15) is 23.0 Å². The summed E-state index contributed by atoms with van der Waals surface area (Å²) >= 11 is 0. The molecule has 0 heterocycles. The fourth-order valence-corrected chi connectivity index (χ4v) is 4.43. The first-order chi connectivity index (χ1) is 23.3. The molecule has 1 aliphatic carbocycles. The maximum atomic E-state index is 12.8. The van der Waals surface area contributed by atoms with Gasteiger partial charge >= 0.3 is 23.9 Å². The van der Waals surface area contributed by atoms with Crippen LogP contribution in [0.2, 0.25) is 0 Å². The second-order valence-corrected chi connectivity index (χ2v) is 11.1. The highest BCUT2D eigenvalue weighted by atomic mass is 16.5. The van der Waals surface area contributed by atoms with Crippen LogP contribution in [0.1, 0.15) is 71.2 Å². The van der Waals surface area contributed by atoms with Crippen molar-refractivity contribution in [3.05, 3.63) is 108 Å². The van der Waals surface area contributed by atoms with E-state index in [4.69, 9.17) is 28.4 Å². The monoisotopic (exact) mass is 656 g/mol. The van der Waals surface area contributed by atoms with Crippen molar-refractivity contribution in [3.63, 3.8) is 0 Å². The molecule has 1 fully saturated rings. The number of carbonyl (C=O) groups is 4. The van der Waals surface area contributed by atoms with Gasteiger partial charge in [0.05, 0.1) is 37.6 Å². The highest BCUT2D eigenvalue weighted by molar-refractivity contribution is 5.92. The number of allylic oxidation sites excluding steroid dienone is 1. The standard InChI is InChI=1S/C38H40O10/c1-3-35(39)45-23-6-4-21-43-31-15-11-29(12-16-31)37(41)47-33-19-20-34(27(2)25-33)48-38(42)30-13-17-32(18-14-30)44-22-5-7-24-46-36(40)26-28-9-8-10-28/h3,11-20,25-26H,1,4-10,21-24H2,2H3. The molecule has 0 spiro atoms. The number of ether oxygens (including phenoxy) is 6. The molecule has 0 amide bonds. The number of esters is 4. The summed E-state index contributed by atoms with van der Waals surface area (Å²) in [5.74, 6) is 0.0560. The Morgan fingerprint density at radius 3 is 1.65 bits per heavy atom. The summed E-state index contributed by atoms with van der Waals surface area (Å²) in [5.41, 5.74) is 2.47. The Labute approximate surface area is 280 Å². The van der Waals surface area contributed by atoms with Gasteiger partial charge in [0.15, 0.2) is 0 Å². The van der Waals surface area contributed by atoms with E-state index in [2.05, 4.69) is 6.58 Å². The summed E-state index contributed by atoms with van der Waals surface area (Å²) in [7, 11) is 0. The highest BCUT2D eigenvalue weighted by Gasteiger charge is 2.14. The first-order valence-electron chi connectivity index (χ1n) is 16.0. The van der Waals surface area contributed by atoms with E-state index in [1.807, 2.05) is 0 Å². The molecule has 3 aromatic carbocycles. The van der Waals surface area contributed by atoms with Gasteiger partial charge in [0.25, 0.3) is 0 Å². The average molecular weight is 657 g/mol. The van der Waals surface area contributed by atoms with Crippen LogP contribution < -0.4 is 18.9 Å². The van der Waals surface area contributed by atoms with Crippen LogP contribution in [0, 0.1) is 6.92 Å². The second-order valence-electron chi connectivity index (χ2n) is 11.1. The van der Waals surface area contributed by atoms with E-state index in [0.717, 1.165) is 37.3 Å². The highest BCUT2D eigenvalue weighted by Crippen LogP contribution is 2.26. The number of hydrogen-bond donors (Lipinski definition) is 0. The molecule has 48 heavy (non-hydrogen) atoms. The van der Waals surface area contributed by atoms with Gasteiger partial charge in [-0.25, -0.2) is 19.2 Å². The van der Waals surface area contributed by atoms with Crippen LogP contribution in [0.25, 0.3) is 0 Å². The molecule has 0 aliphatic heterocycles. The number of carbonyl (C=O) groups excluding carboxylic acids is 4. The zero-order chi connectivity index (χ0) is 34.1. The van der Waals surface area contributed by atoms with Crippen molar-refractivity contribution in [2.75, 3.05) is 26.4 Å². The maximum Gasteiger partial charge on any atom is 0.343 e. The Kier molecular flexibility index (Phi) is 13.8. The zero-order valence-electron chi connectivity index (χ0n) is 27.1. The number of unbranched alkanes of at least 4 members (excludes halogenated alkanes) is 2. The van der Waals surface area contributed by atoms with Gasteiger partial charge in [-0.2, -0.15) is 0 Å². The van der Waals surface area contributed by atoms with E-state index in [-0.39, 0.29) is 5.97 Å². The summed E-state index contributed by atoms with van der Waals surface area (Å²) in [5, 5.41) is 0. The summed E-state index contributed by atoms with van der Waals surface area (Å²) in [6.45, 7) is 6.64. The smallest absolute Gasteiger partial charge is 0.343 e. The third-order valence-electron chi connectivity index (χ3n) is 7.33. The molecule has 0 atom stereocenters. The van der Waals surface area contributed by atoms with E-state index >= 15 is 0 Å². The molecule has 10 nitrogen and oxygen atoms in total. The van der Waals surface area contributed by atoms with Crippen LogP contribution in [-0.2, 0) is 19.1 Å². The lowest BCUT2D eigenvalue weighted by Gasteiger charge is -2.15. The van der Waals surface area contributed by atoms with Gasteiger partial charge in [0.2, 0.25) is 0 Å². The largest absolute Gasteiger partial charge is 0.494 e. The van der Waals surface area contributed by atoms with E-state index in [0.29, 0.717) is 85.4 Å². The number of benzene rings is 3. The molecular formula is C38H40O10. The summed E-state index contributed by atoms with van der Waals surface area (Å²) in [4.78, 5) is 48.2. The lowest BCUT2D eigenvalue weighted by Crippen LogP contribution is -2.11.